The Morgan fingerprint density at radius 1 is 1.20 bits per heavy atom. The molecule has 1 aliphatic rings. The third kappa shape index (κ3) is 5.81. The van der Waals surface area contributed by atoms with Crippen molar-refractivity contribution in [3.63, 3.8) is 0 Å². The summed E-state index contributed by atoms with van der Waals surface area (Å²) >= 11 is 1.53. The normalized spacial score (nSPS) is 16.8. The van der Waals surface area contributed by atoms with Crippen LogP contribution in [-0.4, -0.2) is 45.2 Å². The van der Waals surface area contributed by atoms with Crippen molar-refractivity contribution in [1.29, 1.82) is 0 Å². The predicted molar refractivity (Wildman–Crippen MR) is 127 cm³/mol. The molecule has 30 heavy (non-hydrogen) atoms. The molecule has 7 heteroatoms. The largest absolute Gasteiger partial charge is 0.367 e. The Morgan fingerprint density at radius 3 is 2.57 bits per heavy atom. The minimum absolute atomic E-state index is 0.261. The summed E-state index contributed by atoms with van der Waals surface area (Å²) in [7, 11) is 0. The maximum absolute atomic E-state index is 15.0. The van der Waals surface area contributed by atoms with Crippen LogP contribution >= 0.6 is 11.8 Å². The number of aromatic amines is 1. The number of allylic oxidation sites excluding steroid dienone is 2. The van der Waals surface area contributed by atoms with Gasteiger partial charge in [0.1, 0.15) is 17.0 Å². The summed E-state index contributed by atoms with van der Waals surface area (Å²) in [6.45, 7) is 9.89. The summed E-state index contributed by atoms with van der Waals surface area (Å²) in [5.41, 5.74) is 2.27. The van der Waals surface area contributed by atoms with Gasteiger partial charge >= 0.3 is 0 Å². The van der Waals surface area contributed by atoms with Gasteiger partial charge in [0.25, 0.3) is 0 Å². The molecule has 0 aromatic carbocycles. The topological polar surface area (TPSA) is 56.6 Å². The van der Waals surface area contributed by atoms with Gasteiger partial charge in [-0.25, -0.2) is 4.98 Å². The molecule has 1 fully saturated rings. The second-order valence-corrected chi connectivity index (χ2v) is 9.11. The van der Waals surface area contributed by atoms with Crippen LogP contribution in [0, 0.1) is 5.95 Å². The fourth-order valence-electron chi connectivity index (χ4n) is 3.35. The molecule has 1 unspecified atom stereocenters. The van der Waals surface area contributed by atoms with Crippen LogP contribution in [0.1, 0.15) is 51.7 Å². The highest BCUT2D eigenvalue weighted by Gasteiger charge is 2.19. The molecule has 160 valence electrons. The molecule has 2 aromatic rings. The Kier molecular flexibility index (Phi) is 7.85. The first-order chi connectivity index (χ1) is 14.5. The molecule has 1 saturated heterocycles. The summed E-state index contributed by atoms with van der Waals surface area (Å²) in [5, 5.41) is 0.894. The van der Waals surface area contributed by atoms with Crippen LogP contribution in [0.25, 0.3) is 0 Å². The van der Waals surface area contributed by atoms with Crippen molar-refractivity contribution in [2.45, 2.75) is 52.0 Å². The zero-order valence-electron chi connectivity index (χ0n) is 18.1. The smallest absolute Gasteiger partial charge is 0.224 e. The van der Waals surface area contributed by atoms with E-state index >= 15 is 0 Å². The number of nitrogens with one attached hydrogen (secondary N) is 1. The molecule has 0 bridgehead atoms. The van der Waals surface area contributed by atoms with E-state index in [9.17, 15) is 4.39 Å². The Morgan fingerprint density at radius 2 is 1.97 bits per heavy atom. The van der Waals surface area contributed by atoms with E-state index < -0.39 is 5.95 Å². The summed E-state index contributed by atoms with van der Waals surface area (Å²) in [5.74, 6) is 0.235. The standard InChI is InChI=1S/C23H30FN5S/c1-5-8-20(18-11-12-25-15-18)26-17(4)27-23(30-16(2)3)19-9-10-21(28-22(19)24)29-13-6-7-14-29/h5,8-12,15-17,25H,6-7,13-14H2,1-4H3/b8-5-,26-20+,27-23-. The minimum atomic E-state index is -0.471. The number of aliphatic imine (C=N–C) groups is 2. The molecule has 5 nitrogen and oxygen atoms in total. The van der Waals surface area contributed by atoms with E-state index in [1.165, 1.54) is 11.8 Å². The molecule has 0 saturated carbocycles. The summed E-state index contributed by atoms with van der Waals surface area (Å²) in [6, 6.07) is 5.68. The summed E-state index contributed by atoms with van der Waals surface area (Å²) in [6.07, 6.45) is 9.58. The molecule has 3 heterocycles. The molecule has 3 rings (SSSR count). The number of rotatable bonds is 7. The number of H-pyrrole nitrogens is 1. The lowest BCUT2D eigenvalue weighted by Gasteiger charge is -2.18. The monoisotopic (exact) mass is 427 g/mol. The Balaban J connectivity index is 1.91. The van der Waals surface area contributed by atoms with Crippen LogP contribution < -0.4 is 4.90 Å². The second-order valence-electron chi connectivity index (χ2n) is 7.55. The highest BCUT2D eigenvalue weighted by Crippen LogP contribution is 2.25. The first kappa shape index (κ1) is 22.3. The highest BCUT2D eigenvalue weighted by molar-refractivity contribution is 8.14. The Bertz CT molecular complexity index is 912. The molecule has 1 atom stereocenters. The van der Waals surface area contributed by atoms with Crippen molar-refractivity contribution in [1.82, 2.24) is 9.97 Å². The lowest BCUT2D eigenvalue weighted by atomic mass is 10.2. The van der Waals surface area contributed by atoms with Gasteiger partial charge in [0.05, 0.1) is 11.3 Å². The molecule has 1 N–H and O–H groups in total. The molecule has 0 amide bonds. The van der Waals surface area contributed by atoms with E-state index in [1.54, 1.807) is 6.07 Å². The number of aromatic nitrogens is 2. The van der Waals surface area contributed by atoms with Gasteiger partial charge in [-0.3, -0.25) is 9.98 Å². The number of halogens is 1. The van der Waals surface area contributed by atoms with E-state index in [0.29, 0.717) is 16.4 Å². The first-order valence-corrected chi connectivity index (χ1v) is 11.4. The lowest BCUT2D eigenvalue weighted by Crippen LogP contribution is -2.20. The third-order valence-corrected chi connectivity index (χ3v) is 5.71. The summed E-state index contributed by atoms with van der Waals surface area (Å²) in [4.78, 5) is 18.9. The SMILES string of the molecule is C/C=C\C(=N/C(C)/N=C(\SC(C)C)c1ccc(N2CCCC2)nc1F)c1cc[nH]c1. The zero-order valence-corrected chi connectivity index (χ0v) is 18.9. The van der Waals surface area contributed by atoms with Gasteiger partial charge in [0, 0.05) is 36.3 Å². The van der Waals surface area contributed by atoms with Gasteiger partial charge in [-0.1, -0.05) is 19.9 Å². The van der Waals surface area contributed by atoms with Crippen LogP contribution in [-0.2, 0) is 0 Å². The van der Waals surface area contributed by atoms with Gasteiger partial charge in [0.15, 0.2) is 0 Å². The maximum Gasteiger partial charge on any atom is 0.224 e. The zero-order chi connectivity index (χ0) is 21.5. The van der Waals surface area contributed by atoms with E-state index in [-0.39, 0.29) is 11.4 Å². The Labute approximate surface area is 182 Å². The quantitative estimate of drug-likeness (QED) is 0.363. The fourth-order valence-corrected chi connectivity index (χ4v) is 4.29. The first-order valence-electron chi connectivity index (χ1n) is 10.5. The number of nitrogens with zero attached hydrogens (tertiary/aromatic N) is 4. The van der Waals surface area contributed by atoms with Crippen LogP contribution in [0.5, 0.6) is 0 Å². The third-order valence-electron chi connectivity index (χ3n) is 4.69. The predicted octanol–water partition coefficient (Wildman–Crippen LogP) is 5.45. The molecule has 1 aliphatic heterocycles. The van der Waals surface area contributed by atoms with Crippen LogP contribution in [0.2, 0.25) is 0 Å². The van der Waals surface area contributed by atoms with E-state index in [4.69, 9.17) is 9.98 Å². The number of pyridine rings is 1. The van der Waals surface area contributed by atoms with Crippen LogP contribution in [0.15, 0.2) is 52.7 Å². The van der Waals surface area contributed by atoms with Crippen molar-refractivity contribution in [3.05, 3.63) is 59.8 Å². The van der Waals surface area contributed by atoms with Crippen molar-refractivity contribution >= 4 is 28.3 Å². The van der Waals surface area contributed by atoms with Crippen molar-refractivity contribution in [3.8, 4) is 0 Å². The lowest BCUT2D eigenvalue weighted by molar-refractivity contribution is 0.580. The van der Waals surface area contributed by atoms with Crippen molar-refractivity contribution in [2.75, 3.05) is 18.0 Å². The number of anilines is 1. The Hall–Kier alpha value is -2.41. The van der Waals surface area contributed by atoms with E-state index in [2.05, 4.69) is 28.7 Å². The van der Waals surface area contributed by atoms with Crippen LogP contribution in [0.4, 0.5) is 10.2 Å². The molecular formula is C23H30FN5S. The average Bonchev–Trinajstić information content (AvgIpc) is 3.41. The highest BCUT2D eigenvalue weighted by atomic mass is 32.2. The number of hydrogen-bond acceptors (Lipinski definition) is 5. The molecule has 0 spiro atoms. The van der Waals surface area contributed by atoms with Gasteiger partial charge < -0.3 is 9.88 Å². The minimum Gasteiger partial charge on any atom is -0.367 e. The van der Waals surface area contributed by atoms with Gasteiger partial charge in [-0.2, -0.15) is 4.39 Å². The van der Waals surface area contributed by atoms with Crippen molar-refractivity contribution in [2.24, 2.45) is 9.98 Å². The summed E-state index contributed by atoms with van der Waals surface area (Å²) < 4.78 is 15.0. The van der Waals surface area contributed by atoms with E-state index in [0.717, 1.165) is 37.2 Å². The molecular weight excluding hydrogens is 397 g/mol. The molecule has 0 radical (unpaired) electrons. The van der Waals surface area contributed by atoms with Crippen molar-refractivity contribution < 1.29 is 4.39 Å². The van der Waals surface area contributed by atoms with E-state index in [1.807, 2.05) is 50.5 Å². The molecule has 2 aromatic heterocycles. The fraction of sp³-hybridized carbons (Fsp3) is 0.435. The number of hydrogen-bond donors (Lipinski definition) is 1. The van der Waals surface area contributed by atoms with Gasteiger partial charge in [-0.15, -0.1) is 11.8 Å². The van der Waals surface area contributed by atoms with Crippen LogP contribution in [0.3, 0.4) is 0 Å². The maximum atomic E-state index is 15.0. The average molecular weight is 428 g/mol. The second kappa shape index (κ2) is 10.6. The number of thioether (sulfide) groups is 1. The van der Waals surface area contributed by atoms with Gasteiger partial charge in [-0.05, 0) is 51.0 Å². The molecule has 0 aliphatic carbocycles. The van der Waals surface area contributed by atoms with Gasteiger partial charge in [0.2, 0.25) is 5.95 Å².